The van der Waals surface area contributed by atoms with Gasteiger partial charge in [0.1, 0.15) is 0 Å². The molecule has 0 amide bonds. The van der Waals surface area contributed by atoms with Crippen LogP contribution in [0.4, 0.5) is 0 Å². The molecular formula is C10H18O3. The number of carbonyl (C=O) groups is 1. The number of hydrogen-bond acceptors (Lipinski definition) is 2. The summed E-state index contributed by atoms with van der Waals surface area (Å²) in [6, 6.07) is 0. The van der Waals surface area contributed by atoms with Crippen LogP contribution in [0.3, 0.4) is 0 Å². The molecule has 0 saturated heterocycles. The van der Waals surface area contributed by atoms with Crippen molar-refractivity contribution < 1.29 is 14.6 Å². The third kappa shape index (κ3) is 2.69. The van der Waals surface area contributed by atoms with Gasteiger partial charge in [0.05, 0.1) is 0 Å². The molecule has 0 aliphatic heterocycles. The molecule has 0 aromatic carbocycles. The lowest BCUT2D eigenvalue weighted by Gasteiger charge is -2.30. The molecule has 1 rings (SSSR count). The minimum absolute atomic E-state index is 0.248. The molecule has 3 heteroatoms. The molecule has 1 N–H and O–H groups in total. The summed E-state index contributed by atoms with van der Waals surface area (Å²) in [6.07, 6.45) is 2.78. The Hall–Kier alpha value is -0.570. The molecule has 3 nitrogen and oxygen atoms in total. The highest BCUT2D eigenvalue weighted by atomic mass is 16.5. The largest absolute Gasteiger partial charge is 0.479 e. The molecule has 0 spiro atoms. The fraction of sp³-hybridized carbons (Fsp3) is 0.900. The van der Waals surface area contributed by atoms with Gasteiger partial charge >= 0.3 is 5.97 Å². The summed E-state index contributed by atoms with van der Waals surface area (Å²) < 4.78 is 5.01. The predicted octanol–water partition coefficient (Wildman–Crippen LogP) is 1.91. The second kappa shape index (κ2) is 3.66. The monoisotopic (exact) mass is 186 g/mol. The van der Waals surface area contributed by atoms with Gasteiger partial charge in [-0.1, -0.05) is 26.7 Å². The summed E-state index contributed by atoms with van der Waals surface area (Å²) in [5.41, 5.74) is -0.248. The van der Waals surface area contributed by atoms with Gasteiger partial charge in [0, 0.05) is 12.5 Å². The van der Waals surface area contributed by atoms with E-state index in [-0.39, 0.29) is 5.41 Å². The van der Waals surface area contributed by atoms with Crippen LogP contribution >= 0.6 is 0 Å². The van der Waals surface area contributed by atoms with Crippen LogP contribution in [0, 0.1) is 11.3 Å². The Bertz CT molecular complexity index is 194. The van der Waals surface area contributed by atoms with Crippen LogP contribution in [0.25, 0.3) is 0 Å². The Morgan fingerprint density at radius 1 is 1.62 bits per heavy atom. The van der Waals surface area contributed by atoms with Crippen LogP contribution in [0.1, 0.15) is 33.1 Å². The number of aliphatic carboxylic acids is 1. The molecule has 0 bridgehead atoms. The van der Waals surface area contributed by atoms with Crippen LogP contribution in [-0.4, -0.2) is 24.3 Å². The summed E-state index contributed by atoms with van der Waals surface area (Å²) in [7, 11) is 1.47. The lowest BCUT2D eigenvalue weighted by atomic mass is 9.81. The van der Waals surface area contributed by atoms with Crippen LogP contribution in [0.15, 0.2) is 0 Å². The number of ether oxygens (including phenoxy) is 1. The summed E-state index contributed by atoms with van der Waals surface area (Å²) in [5.74, 6) is -0.125. The summed E-state index contributed by atoms with van der Waals surface area (Å²) in [4.78, 5) is 10.9. The van der Waals surface area contributed by atoms with E-state index in [0.717, 1.165) is 12.3 Å². The van der Waals surface area contributed by atoms with Crippen molar-refractivity contribution in [1.82, 2.24) is 0 Å². The summed E-state index contributed by atoms with van der Waals surface area (Å²) in [6.45, 7) is 3.93. The first-order valence-corrected chi connectivity index (χ1v) is 4.73. The number of hydrogen-bond donors (Lipinski definition) is 1. The Morgan fingerprint density at radius 2 is 2.15 bits per heavy atom. The quantitative estimate of drug-likeness (QED) is 0.713. The van der Waals surface area contributed by atoms with Gasteiger partial charge in [-0.05, 0) is 12.3 Å². The van der Waals surface area contributed by atoms with E-state index < -0.39 is 12.1 Å². The predicted molar refractivity (Wildman–Crippen MR) is 49.6 cm³/mol. The van der Waals surface area contributed by atoms with Gasteiger partial charge in [-0.25, -0.2) is 4.79 Å². The number of carboxylic acid groups (broad SMARTS) is 1. The fourth-order valence-electron chi connectivity index (χ4n) is 1.93. The maximum absolute atomic E-state index is 10.9. The minimum atomic E-state index is -0.854. The lowest BCUT2D eigenvalue weighted by Crippen LogP contribution is -2.38. The molecular weight excluding hydrogens is 168 g/mol. The molecule has 0 aromatic heterocycles. The average Bonchev–Trinajstić information content (AvgIpc) is 2.69. The van der Waals surface area contributed by atoms with Crippen molar-refractivity contribution in [2.45, 2.75) is 39.2 Å². The third-order valence-electron chi connectivity index (χ3n) is 2.68. The molecule has 0 aromatic rings. The van der Waals surface area contributed by atoms with Gasteiger partial charge in [-0.15, -0.1) is 0 Å². The maximum atomic E-state index is 10.9. The average molecular weight is 186 g/mol. The molecule has 1 aliphatic rings. The van der Waals surface area contributed by atoms with Crippen molar-refractivity contribution in [1.29, 1.82) is 0 Å². The van der Waals surface area contributed by atoms with Gasteiger partial charge in [-0.3, -0.25) is 0 Å². The van der Waals surface area contributed by atoms with Gasteiger partial charge in [-0.2, -0.15) is 0 Å². The first kappa shape index (κ1) is 10.5. The van der Waals surface area contributed by atoms with E-state index in [0.29, 0.717) is 0 Å². The van der Waals surface area contributed by atoms with Crippen molar-refractivity contribution >= 4 is 5.97 Å². The highest BCUT2D eigenvalue weighted by molar-refractivity contribution is 5.73. The first-order valence-electron chi connectivity index (χ1n) is 4.73. The molecule has 1 saturated carbocycles. The molecule has 1 aliphatic carbocycles. The molecule has 1 fully saturated rings. The summed E-state index contributed by atoms with van der Waals surface area (Å²) >= 11 is 0. The molecule has 76 valence electrons. The van der Waals surface area contributed by atoms with Crippen LogP contribution < -0.4 is 0 Å². The van der Waals surface area contributed by atoms with Gasteiger partial charge in [0.15, 0.2) is 6.10 Å². The third-order valence-corrected chi connectivity index (χ3v) is 2.68. The van der Waals surface area contributed by atoms with E-state index in [9.17, 15) is 4.79 Å². The Morgan fingerprint density at radius 3 is 2.46 bits per heavy atom. The van der Waals surface area contributed by atoms with E-state index in [4.69, 9.17) is 9.84 Å². The minimum Gasteiger partial charge on any atom is -0.479 e. The van der Waals surface area contributed by atoms with Crippen LogP contribution in [0.5, 0.6) is 0 Å². The fourth-order valence-corrected chi connectivity index (χ4v) is 1.93. The van der Waals surface area contributed by atoms with Crippen molar-refractivity contribution in [2.75, 3.05) is 7.11 Å². The van der Waals surface area contributed by atoms with Crippen molar-refractivity contribution in [2.24, 2.45) is 11.3 Å². The van der Waals surface area contributed by atoms with E-state index in [2.05, 4.69) is 0 Å². The zero-order valence-corrected chi connectivity index (χ0v) is 8.54. The smallest absolute Gasteiger partial charge is 0.333 e. The topological polar surface area (TPSA) is 46.5 Å². The second-order valence-electron chi connectivity index (χ2n) is 4.59. The Kier molecular flexibility index (Phi) is 2.96. The number of rotatable bonds is 5. The zero-order valence-electron chi connectivity index (χ0n) is 8.54. The highest BCUT2D eigenvalue weighted by Crippen LogP contribution is 2.42. The van der Waals surface area contributed by atoms with Crippen molar-refractivity contribution in [3.05, 3.63) is 0 Å². The van der Waals surface area contributed by atoms with Gasteiger partial charge in [0.25, 0.3) is 0 Å². The second-order valence-corrected chi connectivity index (χ2v) is 4.59. The van der Waals surface area contributed by atoms with Gasteiger partial charge < -0.3 is 9.84 Å². The molecule has 1 unspecified atom stereocenters. The molecule has 0 radical (unpaired) electrons. The van der Waals surface area contributed by atoms with Crippen molar-refractivity contribution in [3.63, 3.8) is 0 Å². The van der Waals surface area contributed by atoms with E-state index in [1.54, 1.807) is 0 Å². The normalized spacial score (nSPS) is 19.9. The van der Waals surface area contributed by atoms with Gasteiger partial charge in [0.2, 0.25) is 0 Å². The van der Waals surface area contributed by atoms with E-state index in [1.165, 1.54) is 20.0 Å². The van der Waals surface area contributed by atoms with E-state index >= 15 is 0 Å². The number of carboxylic acids is 1. The standard InChI is InChI=1S/C10H18O3/c1-10(2,6-7-4-5-7)8(13-3)9(11)12/h7-8H,4-6H2,1-3H3,(H,11,12). The SMILES string of the molecule is COC(C(=O)O)C(C)(C)CC1CC1. The summed E-state index contributed by atoms with van der Waals surface area (Å²) in [5, 5.41) is 8.92. The van der Waals surface area contributed by atoms with Crippen molar-refractivity contribution in [3.8, 4) is 0 Å². The number of methoxy groups -OCH3 is 1. The molecule has 0 heterocycles. The zero-order chi connectivity index (χ0) is 10.1. The Labute approximate surface area is 79.1 Å². The Balaban J connectivity index is 2.56. The first-order chi connectivity index (χ1) is 5.97. The maximum Gasteiger partial charge on any atom is 0.333 e. The lowest BCUT2D eigenvalue weighted by molar-refractivity contribution is -0.156. The molecule has 1 atom stereocenters. The molecule has 13 heavy (non-hydrogen) atoms. The highest BCUT2D eigenvalue weighted by Gasteiger charge is 2.39. The van der Waals surface area contributed by atoms with Crippen LogP contribution in [0.2, 0.25) is 0 Å². The van der Waals surface area contributed by atoms with Crippen LogP contribution in [-0.2, 0) is 9.53 Å². The van der Waals surface area contributed by atoms with E-state index in [1.807, 2.05) is 13.8 Å².